The molecular weight excluding hydrogens is 257 g/mol. The predicted octanol–water partition coefficient (Wildman–Crippen LogP) is 2.93. The van der Waals surface area contributed by atoms with E-state index in [0.29, 0.717) is 29.1 Å². The summed E-state index contributed by atoms with van der Waals surface area (Å²) in [6, 6.07) is 7.43. The molecule has 104 valence electrons. The Bertz CT molecular complexity index is 656. The number of nitrogens with one attached hydrogen (secondary N) is 1. The Kier molecular flexibility index (Phi) is 3.98. The zero-order chi connectivity index (χ0) is 14.7. The number of pyridine rings is 1. The molecule has 0 unspecified atom stereocenters. The number of carbonyl (C=O) groups is 1. The van der Waals surface area contributed by atoms with Crippen molar-refractivity contribution in [3.05, 3.63) is 53.0 Å². The van der Waals surface area contributed by atoms with Crippen LogP contribution in [-0.4, -0.2) is 10.9 Å². The molecule has 1 amide bonds. The minimum atomic E-state index is -0.332. The van der Waals surface area contributed by atoms with Gasteiger partial charge in [0.15, 0.2) is 0 Å². The van der Waals surface area contributed by atoms with Crippen LogP contribution in [0, 0.1) is 12.7 Å². The number of halogens is 1. The van der Waals surface area contributed by atoms with Crippen molar-refractivity contribution in [3.8, 4) is 0 Å². The number of carbonyl (C=O) groups excluding carboxylic acids is 1. The highest BCUT2D eigenvalue weighted by Gasteiger charge is 2.10. The SMILES string of the molecule is CCc1cc(C(=O)Nc2ccc(F)cc2C)cc(N)n1. The summed E-state index contributed by atoms with van der Waals surface area (Å²) in [5.74, 6) is -0.309. The summed E-state index contributed by atoms with van der Waals surface area (Å²) >= 11 is 0. The smallest absolute Gasteiger partial charge is 0.255 e. The summed E-state index contributed by atoms with van der Waals surface area (Å²) in [6.45, 7) is 3.67. The third-order valence-corrected chi connectivity index (χ3v) is 2.96. The maximum atomic E-state index is 13.0. The lowest BCUT2D eigenvalue weighted by Gasteiger charge is -2.09. The highest BCUT2D eigenvalue weighted by atomic mass is 19.1. The molecule has 0 bridgehead atoms. The first kappa shape index (κ1) is 14.0. The number of hydrogen-bond acceptors (Lipinski definition) is 3. The fourth-order valence-electron chi connectivity index (χ4n) is 1.88. The minimum Gasteiger partial charge on any atom is -0.384 e. The molecule has 0 aliphatic carbocycles. The number of benzene rings is 1. The largest absolute Gasteiger partial charge is 0.384 e. The second-order valence-corrected chi connectivity index (χ2v) is 4.54. The molecule has 0 spiro atoms. The molecule has 0 aliphatic heterocycles. The van der Waals surface area contributed by atoms with Gasteiger partial charge < -0.3 is 11.1 Å². The second kappa shape index (κ2) is 5.69. The van der Waals surface area contributed by atoms with Gasteiger partial charge in [-0.2, -0.15) is 0 Å². The molecule has 5 heteroatoms. The molecular formula is C15H16FN3O. The monoisotopic (exact) mass is 273 g/mol. The van der Waals surface area contributed by atoms with Crippen molar-refractivity contribution < 1.29 is 9.18 Å². The summed E-state index contributed by atoms with van der Waals surface area (Å²) in [5, 5.41) is 2.74. The normalized spacial score (nSPS) is 10.3. The fourth-order valence-corrected chi connectivity index (χ4v) is 1.88. The van der Waals surface area contributed by atoms with Crippen LogP contribution in [0.25, 0.3) is 0 Å². The molecule has 0 atom stereocenters. The molecule has 0 saturated carbocycles. The van der Waals surface area contributed by atoms with Crippen molar-refractivity contribution in [1.29, 1.82) is 0 Å². The van der Waals surface area contributed by atoms with Crippen LogP contribution in [0.5, 0.6) is 0 Å². The number of aromatic nitrogens is 1. The standard InChI is InChI=1S/C15H16FN3O/c1-3-12-7-10(8-14(17)18-12)15(20)19-13-5-4-11(16)6-9(13)2/h4-8H,3H2,1-2H3,(H2,17,18)(H,19,20). The van der Waals surface area contributed by atoms with Crippen LogP contribution in [0.1, 0.15) is 28.5 Å². The van der Waals surface area contributed by atoms with E-state index in [1.165, 1.54) is 24.3 Å². The molecule has 2 rings (SSSR count). The van der Waals surface area contributed by atoms with Crippen LogP contribution in [-0.2, 0) is 6.42 Å². The average Bonchev–Trinajstić information content (AvgIpc) is 2.41. The molecule has 1 aromatic heterocycles. The van der Waals surface area contributed by atoms with Crippen molar-refractivity contribution in [2.45, 2.75) is 20.3 Å². The van der Waals surface area contributed by atoms with Crippen LogP contribution in [0.2, 0.25) is 0 Å². The number of nitrogen functional groups attached to an aromatic ring is 1. The molecule has 0 aliphatic rings. The lowest BCUT2D eigenvalue weighted by molar-refractivity contribution is 0.102. The summed E-state index contributed by atoms with van der Waals surface area (Å²) in [4.78, 5) is 16.3. The van der Waals surface area contributed by atoms with Crippen LogP contribution < -0.4 is 11.1 Å². The van der Waals surface area contributed by atoms with Gasteiger partial charge in [-0.05, 0) is 49.2 Å². The van der Waals surface area contributed by atoms with Crippen LogP contribution in [0.3, 0.4) is 0 Å². The van der Waals surface area contributed by atoms with E-state index in [9.17, 15) is 9.18 Å². The van der Waals surface area contributed by atoms with Gasteiger partial charge >= 0.3 is 0 Å². The van der Waals surface area contributed by atoms with Gasteiger partial charge in [0.2, 0.25) is 0 Å². The highest BCUT2D eigenvalue weighted by molar-refractivity contribution is 6.05. The summed E-state index contributed by atoms with van der Waals surface area (Å²) < 4.78 is 13.0. The second-order valence-electron chi connectivity index (χ2n) is 4.54. The molecule has 4 nitrogen and oxygen atoms in total. The van der Waals surface area contributed by atoms with Crippen LogP contribution >= 0.6 is 0 Å². The Hall–Kier alpha value is -2.43. The van der Waals surface area contributed by atoms with Gasteiger partial charge in [0.05, 0.1) is 0 Å². The third kappa shape index (κ3) is 3.12. The van der Waals surface area contributed by atoms with E-state index < -0.39 is 0 Å². The Morgan fingerprint density at radius 1 is 1.35 bits per heavy atom. The van der Waals surface area contributed by atoms with E-state index in [1.807, 2.05) is 6.92 Å². The van der Waals surface area contributed by atoms with Gasteiger partial charge in [0, 0.05) is 16.9 Å². The van der Waals surface area contributed by atoms with Crippen molar-refractivity contribution in [2.24, 2.45) is 0 Å². The van der Waals surface area contributed by atoms with Crippen molar-refractivity contribution in [2.75, 3.05) is 11.1 Å². The first-order valence-electron chi connectivity index (χ1n) is 6.33. The number of anilines is 2. The number of nitrogens with two attached hydrogens (primary N) is 1. The lowest BCUT2D eigenvalue weighted by atomic mass is 10.1. The molecule has 0 fully saturated rings. The first-order valence-corrected chi connectivity index (χ1v) is 6.33. The summed E-state index contributed by atoms with van der Waals surface area (Å²) in [5.41, 5.74) is 8.11. The van der Waals surface area contributed by atoms with Gasteiger partial charge in [0.25, 0.3) is 5.91 Å². The van der Waals surface area contributed by atoms with E-state index in [-0.39, 0.29) is 11.7 Å². The zero-order valence-electron chi connectivity index (χ0n) is 11.4. The third-order valence-electron chi connectivity index (χ3n) is 2.96. The van der Waals surface area contributed by atoms with Gasteiger partial charge in [0.1, 0.15) is 11.6 Å². The maximum absolute atomic E-state index is 13.0. The Labute approximate surface area is 116 Å². The van der Waals surface area contributed by atoms with E-state index in [2.05, 4.69) is 10.3 Å². The van der Waals surface area contributed by atoms with Crippen molar-refractivity contribution in [3.63, 3.8) is 0 Å². The van der Waals surface area contributed by atoms with E-state index in [1.54, 1.807) is 13.0 Å². The number of amides is 1. The minimum absolute atomic E-state index is 0.288. The molecule has 3 N–H and O–H groups in total. The van der Waals surface area contributed by atoms with Crippen LogP contribution in [0.15, 0.2) is 30.3 Å². The van der Waals surface area contributed by atoms with Crippen molar-refractivity contribution in [1.82, 2.24) is 4.98 Å². The predicted molar refractivity (Wildman–Crippen MR) is 77.1 cm³/mol. The Balaban J connectivity index is 2.26. The molecule has 20 heavy (non-hydrogen) atoms. The Morgan fingerprint density at radius 2 is 2.10 bits per heavy atom. The summed E-state index contributed by atoms with van der Waals surface area (Å²) in [7, 11) is 0. The number of nitrogens with zero attached hydrogens (tertiary/aromatic N) is 1. The number of aryl methyl sites for hydroxylation is 2. The topological polar surface area (TPSA) is 68.0 Å². The van der Waals surface area contributed by atoms with Gasteiger partial charge in [-0.1, -0.05) is 6.92 Å². The fraction of sp³-hybridized carbons (Fsp3) is 0.200. The maximum Gasteiger partial charge on any atom is 0.255 e. The van der Waals surface area contributed by atoms with Crippen molar-refractivity contribution >= 4 is 17.4 Å². The van der Waals surface area contributed by atoms with Crippen LogP contribution in [0.4, 0.5) is 15.9 Å². The Morgan fingerprint density at radius 3 is 2.75 bits per heavy atom. The molecule has 2 aromatic rings. The highest BCUT2D eigenvalue weighted by Crippen LogP contribution is 2.17. The van der Waals surface area contributed by atoms with Gasteiger partial charge in [-0.25, -0.2) is 9.37 Å². The van der Waals surface area contributed by atoms with E-state index >= 15 is 0 Å². The van der Waals surface area contributed by atoms with E-state index in [0.717, 1.165) is 5.69 Å². The molecule has 0 saturated heterocycles. The average molecular weight is 273 g/mol. The first-order chi connectivity index (χ1) is 9.49. The lowest BCUT2D eigenvalue weighted by Crippen LogP contribution is -2.14. The molecule has 0 radical (unpaired) electrons. The number of rotatable bonds is 3. The molecule has 1 aromatic carbocycles. The van der Waals surface area contributed by atoms with Gasteiger partial charge in [-0.3, -0.25) is 4.79 Å². The quantitative estimate of drug-likeness (QED) is 0.903. The van der Waals surface area contributed by atoms with Gasteiger partial charge in [-0.15, -0.1) is 0 Å². The number of hydrogen-bond donors (Lipinski definition) is 2. The summed E-state index contributed by atoms with van der Waals surface area (Å²) in [6.07, 6.45) is 0.695. The zero-order valence-corrected chi connectivity index (χ0v) is 11.4. The molecule has 1 heterocycles. The van der Waals surface area contributed by atoms with E-state index in [4.69, 9.17) is 5.73 Å².